The summed E-state index contributed by atoms with van der Waals surface area (Å²) in [6, 6.07) is 4.96. The molecule has 1 aliphatic carbocycles. The molecule has 0 bridgehead atoms. The molecule has 1 aromatic rings. The standard InChI is InChI=1S/C20H31N3O2/c1-14(2)12-22(13-15(3)4)20(17-7-6-8-17)21-19-10-9-18(23(24)25)11-16(19)5/h9-11,14-15,17H,6-8,12-13H2,1-5H3. The van der Waals surface area contributed by atoms with Crippen LogP contribution in [0.25, 0.3) is 0 Å². The Balaban J connectivity index is 2.37. The maximum atomic E-state index is 11.0. The molecule has 1 aliphatic rings. The number of benzene rings is 1. The second-order valence-corrected chi connectivity index (χ2v) is 8.02. The predicted octanol–water partition coefficient (Wildman–Crippen LogP) is 5.35. The van der Waals surface area contributed by atoms with E-state index in [1.54, 1.807) is 18.2 Å². The molecule has 1 aromatic carbocycles. The molecule has 5 nitrogen and oxygen atoms in total. The Hall–Kier alpha value is -1.91. The van der Waals surface area contributed by atoms with Crippen molar-refractivity contribution in [3.05, 3.63) is 33.9 Å². The van der Waals surface area contributed by atoms with Gasteiger partial charge in [-0.2, -0.15) is 0 Å². The highest BCUT2D eigenvalue weighted by molar-refractivity contribution is 5.88. The fraction of sp³-hybridized carbons (Fsp3) is 0.650. The number of rotatable bonds is 7. The molecule has 0 radical (unpaired) electrons. The van der Waals surface area contributed by atoms with Crippen LogP contribution in [0.3, 0.4) is 0 Å². The first kappa shape index (κ1) is 19.4. The maximum absolute atomic E-state index is 11.0. The quantitative estimate of drug-likeness (QED) is 0.290. The van der Waals surface area contributed by atoms with Gasteiger partial charge in [0.15, 0.2) is 0 Å². The third kappa shape index (κ3) is 5.28. The minimum Gasteiger partial charge on any atom is -0.359 e. The molecule has 138 valence electrons. The lowest BCUT2D eigenvalue weighted by atomic mass is 9.83. The van der Waals surface area contributed by atoms with Gasteiger partial charge in [0.25, 0.3) is 5.69 Å². The van der Waals surface area contributed by atoms with E-state index in [9.17, 15) is 10.1 Å². The monoisotopic (exact) mass is 345 g/mol. The minimum atomic E-state index is -0.350. The van der Waals surface area contributed by atoms with Crippen LogP contribution in [-0.2, 0) is 0 Å². The number of nitro groups is 1. The van der Waals surface area contributed by atoms with Crippen LogP contribution < -0.4 is 0 Å². The van der Waals surface area contributed by atoms with E-state index in [-0.39, 0.29) is 10.6 Å². The number of nitrogens with zero attached hydrogens (tertiary/aromatic N) is 3. The van der Waals surface area contributed by atoms with E-state index in [0.717, 1.165) is 24.3 Å². The van der Waals surface area contributed by atoms with Gasteiger partial charge in [-0.15, -0.1) is 0 Å². The molecule has 0 saturated heterocycles. The highest BCUT2D eigenvalue weighted by Crippen LogP contribution is 2.33. The number of hydrogen-bond acceptors (Lipinski definition) is 3. The van der Waals surface area contributed by atoms with Gasteiger partial charge in [0, 0.05) is 31.1 Å². The van der Waals surface area contributed by atoms with Gasteiger partial charge >= 0.3 is 0 Å². The Labute approximate surface area is 151 Å². The fourth-order valence-corrected chi connectivity index (χ4v) is 3.23. The smallest absolute Gasteiger partial charge is 0.269 e. The van der Waals surface area contributed by atoms with Crippen molar-refractivity contribution >= 4 is 17.2 Å². The molecule has 0 aromatic heterocycles. The SMILES string of the molecule is Cc1cc([N+](=O)[O-])ccc1N=C(C1CCC1)N(CC(C)C)CC(C)C. The second kappa shape index (κ2) is 8.45. The predicted molar refractivity (Wildman–Crippen MR) is 104 cm³/mol. The summed E-state index contributed by atoms with van der Waals surface area (Å²) in [7, 11) is 0. The van der Waals surface area contributed by atoms with Crippen LogP contribution in [0.1, 0.15) is 52.5 Å². The Kier molecular flexibility index (Phi) is 6.57. The van der Waals surface area contributed by atoms with Gasteiger partial charge in [-0.05, 0) is 43.2 Å². The fourth-order valence-electron chi connectivity index (χ4n) is 3.23. The number of non-ortho nitro benzene ring substituents is 1. The molecule has 0 atom stereocenters. The van der Waals surface area contributed by atoms with Crippen LogP contribution >= 0.6 is 0 Å². The van der Waals surface area contributed by atoms with E-state index >= 15 is 0 Å². The Morgan fingerprint density at radius 1 is 1.24 bits per heavy atom. The summed E-state index contributed by atoms with van der Waals surface area (Å²) < 4.78 is 0. The third-order valence-electron chi connectivity index (χ3n) is 4.59. The van der Waals surface area contributed by atoms with Gasteiger partial charge < -0.3 is 4.90 Å². The van der Waals surface area contributed by atoms with Crippen molar-refractivity contribution < 1.29 is 4.92 Å². The van der Waals surface area contributed by atoms with Crippen LogP contribution in [0.2, 0.25) is 0 Å². The van der Waals surface area contributed by atoms with Crippen molar-refractivity contribution in [2.75, 3.05) is 13.1 Å². The maximum Gasteiger partial charge on any atom is 0.269 e. The van der Waals surface area contributed by atoms with Gasteiger partial charge in [0.2, 0.25) is 0 Å². The average Bonchev–Trinajstić information content (AvgIpc) is 2.44. The molecular weight excluding hydrogens is 314 g/mol. The first-order valence-electron chi connectivity index (χ1n) is 9.36. The zero-order chi connectivity index (χ0) is 18.6. The molecule has 0 N–H and O–H groups in total. The van der Waals surface area contributed by atoms with Gasteiger partial charge in [-0.1, -0.05) is 34.1 Å². The van der Waals surface area contributed by atoms with Gasteiger partial charge in [-0.3, -0.25) is 10.1 Å². The molecule has 0 heterocycles. The molecule has 25 heavy (non-hydrogen) atoms. The summed E-state index contributed by atoms with van der Waals surface area (Å²) in [6.07, 6.45) is 3.65. The summed E-state index contributed by atoms with van der Waals surface area (Å²) in [6.45, 7) is 12.9. The Bertz CT molecular complexity index is 624. The minimum absolute atomic E-state index is 0.128. The number of aryl methyl sites for hydroxylation is 1. The summed E-state index contributed by atoms with van der Waals surface area (Å²) in [5.74, 6) is 2.83. The number of hydrogen-bond donors (Lipinski definition) is 0. The van der Waals surface area contributed by atoms with Crippen LogP contribution in [0.15, 0.2) is 23.2 Å². The highest BCUT2D eigenvalue weighted by Gasteiger charge is 2.28. The summed E-state index contributed by atoms with van der Waals surface area (Å²) in [5.41, 5.74) is 1.84. The molecule has 0 aliphatic heterocycles. The summed E-state index contributed by atoms with van der Waals surface area (Å²) >= 11 is 0. The van der Waals surface area contributed by atoms with Crippen molar-refractivity contribution in [3.8, 4) is 0 Å². The van der Waals surface area contributed by atoms with Gasteiger partial charge in [0.1, 0.15) is 5.84 Å². The molecule has 1 fully saturated rings. The Morgan fingerprint density at radius 2 is 1.84 bits per heavy atom. The van der Waals surface area contributed by atoms with Crippen LogP contribution in [0.4, 0.5) is 11.4 Å². The molecule has 2 rings (SSSR count). The van der Waals surface area contributed by atoms with E-state index < -0.39 is 0 Å². The number of aliphatic imine (C=N–C) groups is 1. The third-order valence-corrected chi connectivity index (χ3v) is 4.59. The van der Waals surface area contributed by atoms with Crippen LogP contribution in [0, 0.1) is 34.8 Å². The number of amidine groups is 1. The largest absolute Gasteiger partial charge is 0.359 e. The van der Waals surface area contributed by atoms with Crippen LogP contribution in [0.5, 0.6) is 0 Å². The zero-order valence-electron chi connectivity index (χ0n) is 16.2. The van der Waals surface area contributed by atoms with Crippen molar-refractivity contribution in [1.82, 2.24) is 4.90 Å². The normalized spacial score (nSPS) is 15.6. The van der Waals surface area contributed by atoms with E-state index in [1.165, 1.54) is 25.1 Å². The molecule has 0 amide bonds. The van der Waals surface area contributed by atoms with Crippen molar-refractivity contribution in [1.29, 1.82) is 0 Å². The topological polar surface area (TPSA) is 58.7 Å². The lowest BCUT2D eigenvalue weighted by molar-refractivity contribution is -0.384. The Morgan fingerprint density at radius 3 is 2.24 bits per heavy atom. The van der Waals surface area contributed by atoms with E-state index in [4.69, 9.17) is 4.99 Å². The highest BCUT2D eigenvalue weighted by atomic mass is 16.6. The van der Waals surface area contributed by atoms with Gasteiger partial charge in [-0.25, -0.2) is 4.99 Å². The lowest BCUT2D eigenvalue weighted by Crippen LogP contribution is -2.42. The van der Waals surface area contributed by atoms with Gasteiger partial charge in [0.05, 0.1) is 10.6 Å². The van der Waals surface area contributed by atoms with E-state index in [0.29, 0.717) is 17.8 Å². The average molecular weight is 345 g/mol. The van der Waals surface area contributed by atoms with Crippen molar-refractivity contribution in [2.24, 2.45) is 22.7 Å². The first-order chi connectivity index (χ1) is 11.8. The van der Waals surface area contributed by atoms with Crippen LogP contribution in [-0.4, -0.2) is 28.7 Å². The molecule has 0 unspecified atom stereocenters. The second-order valence-electron chi connectivity index (χ2n) is 8.02. The number of nitro benzene ring substituents is 1. The molecule has 5 heteroatoms. The van der Waals surface area contributed by atoms with E-state index in [2.05, 4.69) is 32.6 Å². The molecular formula is C20H31N3O2. The lowest BCUT2D eigenvalue weighted by Gasteiger charge is -2.37. The zero-order valence-corrected chi connectivity index (χ0v) is 16.2. The summed E-state index contributed by atoms with van der Waals surface area (Å²) in [5, 5.41) is 11.0. The molecule has 0 spiro atoms. The molecule has 1 saturated carbocycles. The van der Waals surface area contributed by atoms with Crippen molar-refractivity contribution in [3.63, 3.8) is 0 Å². The van der Waals surface area contributed by atoms with Crippen molar-refractivity contribution in [2.45, 2.75) is 53.9 Å². The van der Waals surface area contributed by atoms with E-state index in [1.807, 2.05) is 6.92 Å². The first-order valence-corrected chi connectivity index (χ1v) is 9.36. The summed E-state index contributed by atoms with van der Waals surface area (Å²) in [4.78, 5) is 18.1.